The zero-order chi connectivity index (χ0) is 18.3. The molecule has 11 heteroatoms. The highest BCUT2D eigenvalue weighted by Gasteiger charge is 2.21. The first-order valence-corrected chi connectivity index (χ1v) is 11.2. The smallest absolute Gasteiger partial charge is 0.414 e. The molecule has 0 saturated carbocycles. The second-order valence-electron chi connectivity index (χ2n) is 4.44. The van der Waals surface area contributed by atoms with Crippen molar-refractivity contribution in [1.82, 2.24) is 4.90 Å². The average molecular weight is 433 g/mol. The van der Waals surface area contributed by atoms with E-state index in [4.69, 9.17) is 66.2 Å². The van der Waals surface area contributed by atoms with Crippen LogP contribution in [0.25, 0.3) is 0 Å². The topological polar surface area (TPSA) is 94.9 Å². The summed E-state index contributed by atoms with van der Waals surface area (Å²) >= 11 is 22.8. The largest absolute Gasteiger partial charge is 0.473 e. The minimum Gasteiger partial charge on any atom is -0.473 e. The van der Waals surface area contributed by atoms with Gasteiger partial charge in [0, 0.05) is 61.6 Å². The number of rotatable bonds is 11. The van der Waals surface area contributed by atoms with E-state index in [1.165, 1.54) is 0 Å². The quantitative estimate of drug-likeness (QED) is 0.296. The zero-order valence-corrected chi connectivity index (χ0v) is 16.5. The number of hydrogen-bond acceptors (Lipinski definition) is 4. The number of carbonyl (C=O) groups is 2. The first kappa shape index (κ1) is 25.5. The highest BCUT2D eigenvalue weighted by atomic mass is 35.5. The maximum Gasteiger partial charge on any atom is 0.414 e. The fourth-order valence-electron chi connectivity index (χ4n) is 1.54. The van der Waals surface area contributed by atoms with Gasteiger partial charge in [-0.2, -0.15) is 0 Å². The summed E-state index contributed by atoms with van der Waals surface area (Å²) in [5, 5.41) is 14.8. The summed E-state index contributed by atoms with van der Waals surface area (Å²) in [6, 6.07) is 0. The van der Waals surface area contributed by atoms with Crippen LogP contribution in [0.3, 0.4) is 0 Å². The normalized spacial score (nSPS) is 11.0. The van der Waals surface area contributed by atoms with Crippen molar-refractivity contribution in [3.05, 3.63) is 0 Å². The highest BCUT2D eigenvalue weighted by molar-refractivity contribution is 7.64. The van der Waals surface area contributed by atoms with E-state index in [1.54, 1.807) is 0 Å². The molecule has 0 amide bonds. The predicted molar refractivity (Wildman–Crippen MR) is 96.8 cm³/mol. The van der Waals surface area contributed by atoms with E-state index in [2.05, 4.69) is 4.90 Å². The molecule has 23 heavy (non-hydrogen) atoms. The van der Waals surface area contributed by atoms with Crippen molar-refractivity contribution in [3.8, 4) is 0 Å². The molecule has 0 aliphatic carbocycles. The van der Waals surface area contributed by atoms with Gasteiger partial charge in [-0.1, -0.05) is 0 Å². The van der Waals surface area contributed by atoms with Crippen molar-refractivity contribution in [3.63, 3.8) is 0 Å². The van der Waals surface area contributed by atoms with Crippen LogP contribution in [0.2, 0.25) is 0 Å². The van der Waals surface area contributed by atoms with E-state index in [-0.39, 0.29) is 0 Å². The van der Waals surface area contributed by atoms with Gasteiger partial charge < -0.3 is 19.7 Å². The second-order valence-corrected chi connectivity index (χ2v) is 9.41. The van der Waals surface area contributed by atoms with Crippen molar-refractivity contribution in [1.29, 1.82) is 0 Å². The van der Waals surface area contributed by atoms with E-state index in [0.29, 0.717) is 42.0 Å². The molecule has 0 atom stereocenters. The Morgan fingerprint density at radius 1 is 0.739 bits per heavy atom. The summed E-state index contributed by atoms with van der Waals surface area (Å²) in [5.74, 6) is -1.67. The zero-order valence-electron chi connectivity index (χ0n) is 12.6. The molecule has 138 valence electrons. The maximum absolute atomic E-state index is 12.5. The van der Waals surface area contributed by atoms with Crippen molar-refractivity contribution in [2.75, 3.05) is 61.6 Å². The van der Waals surface area contributed by atoms with Crippen LogP contribution in [-0.2, 0) is 14.2 Å². The van der Waals surface area contributed by atoms with Crippen LogP contribution in [0.5, 0.6) is 0 Å². The minimum absolute atomic E-state index is 0.430. The van der Waals surface area contributed by atoms with Crippen molar-refractivity contribution < 1.29 is 24.4 Å². The lowest BCUT2D eigenvalue weighted by Crippen LogP contribution is -2.31. The third kappa shape index (κ3) is 15.6. The first-order valence-electron chi connectivity index (χ1n) is 6.75. The molecule has 0 unspecified atom stereocenters. The highest BCUT2D eigenvalue weighted by Crippen LogP contribution is 2.45. The predicted octanol–water partition coefficient (Wildman–Crippen LogP) is 2.76. The van der Waals surface area contributed by atoms with Crippen molar-refractivity contribution in [2.24, 2.45) is 0 Å². The molecule has 0 fully saturated rings. The van der Waals surface area contributed by atoms with Gasteiger partial charge in [-0.25, -0.2) is 9.59 Å². The van der Waals surface area contributed by atoms with E-state index >= 15 is 0 Å². The van der Waals surface area contributed by atoms with Crippen LogP contribution in [0.4, 0.5) is 0 Å². The Kier molecular flexibility index (Phi) is 17.5. The molecule has 0 aromatic heterocycles. The molecule has 6 nitrogen and oxygen atoms in total. The van der Waals surface area contributed by atoms with Gasteiger partial charge in [-0.3, -0.25) is 0 Å². The Morgan fingerprint density at radius 2 is 1.13 bits per heavy atom. The number of aliphatic carboxylic acids is 2. The Labute approximate surface area is 156 Å². The summed E-state index contributed by atoms with van der Waals surface area (Å²) in [4.78, 5) is 20.3. The lowest BCUT2D eigenvalue weighted by molar-refractivity contribution is -0.159. The number of carboxylic acids is 2. The SMILES string of the molecule is O=C(O)C(=O)O.O=P(CCCl)(CCCl)CCN(CCCl)CCCl. The van der Waals surface area contributed by atoms with Gasteiger partial charge in [0.25, 0.3) is 0 Å². The van der Waals surface area contributed by atoms with Crippen LogP contribution < -0.4 is 0 Å². The van der Waals surface area contributed by atoms with Crippen LogP contribution >= 0.6 is 53.5 Å². The van der Waals surface area contributed by atoms with Crippen LogP contribution in [0, 0.1) is 0 Å². The third-order valence-corrected chi connectivity index (χ3v) is 7.13. The Balaban J connectivity index is 0. The summed E-state index contributed by atoms with van der Waals surface area (Å²) < 4.78 is 12.5. The molecule has 0 heterocycles. The minimum atomic E-state index is -2.21. The van der Waals surface area contributed by atoms with Crippen molar-refractivity contribution >= 4 is 65.5 Å². The number of hydrogen-bond donors (Lipinski definition) is 2. The summed E-state index contributed by atoms with van der Waals surface area (Å²) in [6.07, 6.45) is 1.79. The van der Waals surface area contributed by atoms with Gasteiger partial charge in [0.2, 0.25) is 0 Å². The standard InChI is InChI=1S/C10H20Cl4NOP.C2H2O4/c11-1-5-15(6-2-12)7-10-17(16,8-3-13)9-4-14;3-1(4)2(5)6/h1-10H2;(H,3,4)(H,5,6). The molecule has 0 saturated heterocycles. The number of nitrogens with zero attached hydrogens (tertiary/aromatic N) is 1. The lowest BCUT2D eigenvalue weighted by atomic mass is 10.5. The molecule has 0 aliphatic heterocycles. The van der Waals surface area contributed by atoms with Crippen LogP contribution in [0.15, 0.2) is 0 Å². The van der Waals surface area contributed by atoms with E-state index in [0.717, 1.165) is 19.6 Å². The molecular weight excluding hydrogens is 411 g/mol. The van der Waals surface area contributed by atoms with Gasteiger partial charge >= 0.3 is 11.9 Å². The molecule has 0 aliphatic rings. The maximum atomic E-state index is 12.5. The Bertz CT molecular complexity index is 358. The monoisotopic (exact) mass is 431 g/mol. The van der Waals surface area contributed by atoms with Crippen LogP contribution in [0.1, 0.15) is 0 Å². The number of halogens is 4. The molecule has 0 aromatic carbocycles. The molecule has 0 rings (SSSR count). The van der Waals surface area contributed by atoms with E-state index in [9.17, 15) is 4.57 Å². The first-order chi connectivity index (χ1) is 10.8. The van der Waals surface area contributed by atoms with Gasteiger partial charge in [0.15, 0.2) is 0 Å². The third-order valence-electron chi connectivity index (χ3n) is 2.79. The molecule has 0 bridgehead atoms. The van der Waals surface area contributed by atoms with Crippen LogP contribution in [-0.4, -0.2) is 88.7 Å². The lowest BCUT2D eigenvalue weighted by Gasteiger charge is -2.23. The Hall–Kier alpha value is 0.290. The summed E-state index contributed by atoms with van der Waals surface area (Å²) in [5.41, 5.74) is 0. The van der Waals surface area contributed by atoms with Gasteiger partial charge in [0.05, 0.1) is 7.14 Å². The number of alkyl halides is 4. The Morgan fingerprint density at radius 3 is 1.39 bits per heavy atom. The summed E-state index contributed by atoms with van der Waals surface area (Å²) in [6.45, 7) is 2.30. The fourth-order valence-corrected chi connectivity index (χ4v) is 5.80. The molecule has 2 N–H and O–H groups in total. The average Bonchev–Trinajstić information content (AvgIpc) is 2.46. The molecule has 0 aromatic rings. The van der Waals surface area contributed by atoms with Gasteiger partial charge in [-0.15, -0.1) is 46.4 Å². The summed E-state index contributed by atoms with van der Waals surface area (Å²) in [7, 11) is -2.21. The molecular formula is C12H22Cl4NO5P. The van der Waals surface area contributed by atoms with Gasteiger partial charge in [0.1, 0.15) is 0 Å². The van der Waals surface area contributed by atoms with Crippen molar-refractivity contribution in [2.45, 2.75) is 0 Å². The molecule has 0 radical (unpaired) electrons. The fraction of sp³-hybridized carbons (Fsp3) is 0.833. The van der Waals surface area contributed by atoms with Gasteiger partial charge in [-0.05, 0) is 0 Å². The van der Waals surface area contributed by atoms with E-state index < -0.39 is 19.1 Å². The number of carboxylic acid groups (broad SMARTS) is 2. The second kappa shape index (κ2) is 15.8. The molecule has 0 spiro atoms. The van der Waals surface area contributed by atoms with E-state index in [1.807, 2.05) is 0 Å².